The first-order chi connectivity index (χ1) is 6.61. The number of guanidine groups is 2. The van der Waals surface area contributed by atoms with Crippen LogP contribution in [-0.2, 0) is 0 Å². The van der Waals surface area contributed by atoms with Gasteiger partial charge in [0.1, 0.15) is 0 Å². The molecule has 0 aromatic carbocycles. The highest BCUT2D eigenvalue weighted by Gasteiger charge is 2.19. The number of hydrogen-bond donors (Lipinski definition) is 3. The van der Waals surface area contributed by atoms with Crippen LogP contribution in [0, 0.1) is 5.41 Å². The van der Waals surface area contributed by atoms with Crippen molar-refractivity contribution >= 4 is 24.3 Å². The van der Waals surface area contributed by atoms with Crippen LogP contribution >= 0.6 is 12.4 Å². The van der Waals surface area contributed by atoms with Crippen molar-refractivity contribution in [2.24, 2.45) is 16.5 Å². The number of nitrogens with zero attached hydrogens (tertiary/aromatic N) is 2. The zero-order chi connectivity index (χ0) is 10.6. The first kappa shape index (κ1) is 14.0. The summed E-state index contributed by atoms with van der Waals surface area (Å²) in [6, 6.07) is 0.465. The van der Waals surface area contributed by atoms with Crippen LogP contribution in [0.15, 0.2) is 4.99 Å². The number of hydrogen-bond acceptors (Lipinski definition) is 1. The van der Waals surface area contributed by atoms with E-state index in [1.165, 1.54) is 19.3 Å². The third kappa shape index (κ3) is 4.38. The van der Waals surface area contributed by atoms with Gasteiger partial charge in [-0.2, -0.15) is 4.99 Å². The smallest absolute Gasteiger partial charge is 0.215 e. The fourth-order valence-electron chi connectivity index (χ4n) is 1.86. The van der Waals surface area contributed by atoms with Gasteiger partial charge in [-0.1, -0.05) is 19.3 Å². The molecule has 1 fully saturated rings. The Morgan fingerprint density at radius 2 is 1.80 bits per heavy atom. The molecule has 1 aliphatic rings. The highest BCUT2D eigenvalue weighted by Crippen LogP contribution is 2.21. The summed E-state index contributed by atoms with van der Waals surface area (Å²) >= 11 is 0. The summed E-state index contributed by atoms with van der Waals surface area (Å²) in [5, 5.41) is 7.02. The van der Waals surface area contributed by atoms with Crippen LogP contribution in [0.5, 0.6) is 0 Å². The third-order valence-electron chi connectivity index (χ3n) is 2.72. The molecule has 0 heterocycles. The lowest BCUT2D eigenvalue weighted by Crippen LogP contribution is -2.43. The van der Waals surface area contributed by atoms with Gasteiger partial charge in [-0.05, 0) is 12.8 Å². The molecule has 6 heteroatoms. The summed E-state index contributed by atoms with van der Waals surface area (Å²) in [5.74, 6) is 0.120. The SMILES string of the molecule is CN(C(N)=NC(=N)N)C1CCCCC1.Cl. The molecule has 5 N–H and O–H groups in total. The number of aliphatic imine (C=N–C) groups is 1. The Kier molecular flexibility index (Phi) is 6.08. The number of nitrogens with one attached hydrogen (secondary N) is 1. The predicted molar refractivity (Wildman–Crippen MR) is 65.4 cm³/mol. The van der Waals surface area contributed by atoms with Crippen LogP contribution in [0.4, 0.5) is 0 Å². The Morgan fingerprint density at radius 1 is 1.27 bits per heavy atom. The van der Waals surface area contributed by atoms with Gasteiger partial charge in [0.15, 0.2) is 5.96 Å². The standard InChI is InChI=1S/C9H19N5.ClH/c1-14(9(12)13-8(10)11)7-5-3-2-4-6-7;/h7H,2-6H2,1H3,(H5,10,11,12,13);1H. The minimum atomic E-state index is -0.231. The highest BCUT2D eigenvalue weighted by atomic mass is 35.5. The largest absolute Gasteiger partial charge is 0.369 e. The predicted octanol–water partition coefficient (Wildman–Crippen LogP) is 0.881. The Bertz CT molecular complexity index is 235. The van der Waals surface area contributed by atoms with Crippen LogP contribution in [0.2, 0.25) is 0 Å². The Morgan fingerprint density at radius 3 is 2.27 bits per heavy atom. The van der Waals surface area contributed by atoms with Crippen LogP contribution < -0.4 is 11.5 Å². The molecule has 1 saturated carbocycles. The van der Waals surface area contributed by atoms with E-state index in [1.54, 1.807) is 0 Å². The molecule has 0 saturated heterocycles. The van der Waals surface area contributed by atoms with Gasteiger partial charge in [0, 0.05) is 13.1 Å². The van der Waals surface area contributed by atoms with E-state index in [-0.39, 0.29) is 18.4 Å². The van der Waals surface area contributed by atoms with E-state index >= 15 is 0 Å². The van der Waals surface area contributed by atoms with Crippen molar-refractivity contribution in [2.75, 3.05) is 7.05 Å². The van der Waals surface area contributed by atoms with Gasteiger partial charge in [0.05, 0.1) is 0 Å². The van der Waals surface area contributed by atoms with Gasteiger partial charge < -0.3 is 16.4 Å². The van der Waals surface area contributed by atoms with E-state index in [0.29, 0.717) is 12.0 Å². The van der Waals surface area contributed by atoms with Crippen LogP contribution in [0.3, 0.4) is 0 Å². The molecule has 0 atom stereocenters. The molecular formula is C9H20ClN5. The quantitative estimate of drug-likeness (QED) is 0.464. The van der Waals surface area contributed by atoms with Gasteiger partial charge in [0.25, 0.3) is 0 Å². The number of halogens is 1. The minimum Gasteiger partial charge on any atom is -0.369 e. The second-order valence-corrected chi connectivity index (χ2v) is 3.76. The first-order valence-electron chi connectivity index (χ1n) is 5.02. The molecule has 88 valence electrons. The van der Waals surface area contributed by atoms with Crippen molar-refractivity contribution in [1.29, 1.82) is 5.41 Å². The molecule has 1 rings (SSSR count). The summed E-state index contributed by atoms with van der Waals surface area (Å²) in [4.78, 5) is 5.67. The maximum absolute atomic E-state index is 7.02. The lowest BCUT2D eigenvalue weighted by molar-refractivity contribution is 0.276. The topological polar surface area (TPSA) is 91.5 Å². The summed E-state index contributed by atoms with van der Waals surface area (Å²) in [6.07, 6.45) is 6.13. The van der Waals surface area contributed by atoms with E-state index in [4.69, 9.17) is 16.9 Å². The van der Waals surface area contributed by atoms with Gasteiger partial charge >= 0.3 is 0 Å². The Balaban J connectivity index is 0.00000196. The molecule has 0 aromatic rings. The van der Waals surface area contributed by atoms with Crippen molar-refractivity contribution in [3.8, 4) is 0 Å². The van der Waals surface area contributed by atoms with Crippen molar-refractivity contribution in [3.05, 3.63) is 0 Å². The molecule has 1 aliphatic carbocycles. The molecule has 15 heavy (non-hydrogen) atoms. The molecule has 5 nitrogen and oxygen atoms in total. The zero-order valence-corrected chi connectivity index (χ0v) is 9.89. The molecule has 0 aliphatic heterocycles. The molecule has 0 unspecified atom stereocenters. The van der Waals surface area contributed by atoms with E-state index in [2.05, 4.69) is 4.99 Å². The Hall–Kier alpha value is -0.970. The molecule has 0 bridgehead atoms. The average Bonchev–Trinajstić information content (AvgIpc) is 2.17. The lowest BCUT2D eigenvalue weighted by atomic mass is 9.95. The molecule has 0 amide bonds. The number of rotatable bonds is 1. The lowest BCUT2D eigenvalue weighted by Gasteiger charge is -2.31. The van der Waals surface area contributed by atoms with Crippen molar-refractivity contribution < 1.29 is 0 Å². The van der Waals surface area contributed by atoms with Crippen molar-refractivity contribution in [2.45, 2.75) is 38.1 Å². The van der Waals surface area contributed by atoms with Gasteiger partial charge in [-0.15, -0.1) is 12.4 Å². The monoisotopic (exact) mass is 233 g/mol. The normalized spacial score (nSPS) is 18.1. The van der Waals surface area contributed by atoms with E-state index < -0.39 is 0 Å². The Labute approximate surface area is 96.8 Å². The summed E-state index contributed by atoms with van der Waals surface area (Å²) in [5.41, 5.74) is 10.9. The second kappa shape index (κ2) is 6.50. The third-order valence-corrected chi connectivity index (χ3v) is 2.72. The van der Waals surface area contributed by atoms with Gasteiger partial charge in [0.2, 0.25) is 5.96 Å². The average molecular weight is 234 g/mol. The molecule has 0 radical (unpaired) electrons. The van der Waals surface area contributed by atoms with Crippen molar-refractivity contribution in [3.63, 3.8) is 0 Å². The van der Waals surface area contributed by atoms with E-state index in [1.807, 2.05) is 11.9 Å². The van der Waals surface area contributed by atoms with Gasteiger partial charge in [-0.25, -0.2) is 0 Å². The van der Waals surface area contributed by atoms with Crippen LogP contribution in [-0.4, -0.2) is 29.9 Å². The molecular weight excluding hydrogens is 214 g/mol. The number of nitrogens with two attached hydrogens (primary N) is 2. The maximum Gasteiger partial charge on any atom is 0.215 e. The van der Waals surface area contributed by atoms with Crippen LogP contribution in [0.1, 0.15) is 32.1 Å². The highest BCUT2D eigenvalue weighted by molar-refractivity contribution is 5.91. The maximum atomic E-state index is 7.02. The van der Waals surface area contributed by atoms with Gasteiger partial charge in [-0.3, -0.25) is 5.41 Å². The minimum absolute atomic E-state index is 0. The fourth-order valence-corrected chi connectivity index (χ4v) is 1.86. The van der Waals surface area contributed by atoms with Crippen molar-refractivity contribution in [1.82, 2.24) is 4.90 Å². The second-order valence-electron chi connectivity index (χ2n) is 3.76. The summed E-state index contributed by atoms with van der Waals surface area (Å²) < 4.78 is 0. The fraction of sp³-hybridized carbons (Fsp3) is 0.778. The zero-order valence-electron chi connectivity index (χ0n) is 9.07. The molecule has 0 spiro atoms. The first-order valence-corrected chi connectivity index (χ1v) is 5.02. The van der Waals surface area contributed by atoms with E-state index in [0.717, 1.165) is 12.8 Å². The summed E-state index contributed by atoms with van der Waals surface area (Å²) in [7, 11) is 1.91. The van der Waals surface area contributed by atoms with E-state index in [9.17, 15) is 0 Å². The van der Waals surface area contributed by atoms with Crippen LogP contribution in [0.25, 0.3) is 0 Å². The molecule has 0 aromatic heterocycles. The summed E-state index contributed by atoms with van der Waals surface area (Å²) in [6.45, 7) is 0.